The van der Waals surface area contributed by atoms with E-state index in [1.165, 1.54) is 22.7 Å². The summed E-state index contributed by atoms with van der Waals surface area (Å²) in [6, 6.07) is 19.8. The molecule has 4 amide bonds. The quantitative estimate of drug-likeness (QED) is 0.181. The Morgan fingerprint density at radius 2 is 1.22 bits per heavy atom. The van der Waals surface area contributed by atoms with Crippen LogP contribution in [0.25, 0.3) is 0 Å². The van der Waals surface area contributed by atoms with Crippen LogP contribution in [0.3, 0.4) is 0 Å². The molecule has 4 aromatic rings. The molecule has 0 saturated heterocycles. The predicted octanol–water partition coefficient (Wildman–Crippen LogP) is 3.93. The van der Waals surface area contributed by atoms with Crippen LogP contribution in [0, 0.1) is 5.92 Å². The van der Waals surface area contributed by atoms with E-state index in [2.05, 4.69) is 21.3 Å². The van der Waals surface area contributed by atoms with Gasteiger partial charge < -0.3 is 26.4 Å². The molecular formula is C37H38N4O7S2. The van der Waals surface area contributed by atoms with E-state index in [9.17, 15) is 33.9 Å². The largest absolute Gasteiger partial charge is 0.481 e. The maximum Gasteiger partial charge on any atom is 0.307 e. The molecule has 0 unspecified atom stereocenters. The third-order valence-corrected chi connectivity index (χ3v) is 10.1. The van der Waals surface area contributed by atoms with E-state index in [0.29, 0.717) is 11.3 Å². The van der Waals surface area contributed by atoms with Gasteiger partial charge >= 0.3 is 5.97 Å². The van der Waals surface area contributed by atoms with E-state index >= 15 is 0 Å². The highest BCUT2D eigenvalue weighted by Crippen LogP contribution is 2.20. The second-order valence-corrected chi connectivity index (χ2v) is 14.2. The normalized spacial score (nSPS) is 21.3. The maximum atomic E-state index is 14.0. The number of benzene rings is 2. The number of carboxylic acids is 1. The van der Waals surface area contributed by atoms with E-state index in [4.69, 9.17) is 0 Å². The van der Waals surface area contributed by atoms with Gasteiger partial charge in [-0.25, -0.2) is 0 Å². The molecule has 2 aromatic carbocycles. The van der Waals surface area contributed by atoms with E-state index in [1.807, 2.05) is 65.4 Å². The lowest BCUT2D eigenvalue weighted by Gasteiger charge is -2.26. The number of Topliss-reactive ketones (excluding diaryl/α,β-unsaturated/α-hetero) is 1. The SMILES string of the molecule is O=C1CCC(=O)N[C@H](Cc2cccs2)C(=O)N[C@@H](Cc2cccs2)C(=O)N[C@H](Cc2ccccc2)C(=O)C[C@H](C(=O)O)Cc2ccc(cc2)N1. The van der Waals surface area contributed by atoms with Gasteiger partial charge in [-0.3, -0.25) is 28.8 Å². The fraction of sp³-hybridized carbons (Fsp3) is 0.297. The van der Waals surface area contributed by atoms with Crippen molar-refractivity contribution in [3.05, 3.63) is 111 Å². The van der Waals surface area contributed by atoms with Crippen molar-refractivity contribution in [2.24, 2.45) is 5.92 Å². The van der Waals surface area contributed by atoms with Crippen molar-refractivity contribution < 1.29 is 33.9 Å². The topological polar surface area (TPSA) is 171 Å². The molecule has 0 saturated carbocycles. The van der Waals surface area contributed by atoms with E-state index in [0.717, 1.165) is 15.3 Å². The Morgan fingerprint density at radius 1 is 0.640 bits per heavy atom. The van der Waals surface area contributed by atoms with Crippen LogP contribution in [0.5, 0.6) is 0 Å². The summed E-state index contributed by atoms with van der Waals surface area (Å²) in [5.41, 5.74) is 1.87. The number of anilines is 1. The minimum Gasteiger partial charge on any atom is -0.481 e. The van der Waals surface area contributed by atoms with Crippen molar-refractivity contribution in [1.29, 1.82) is 0 Å². The summed E-state index contributed by atoms with van der Waals surface area (Å²) in [4.78, 5) is 81.5. The number of ketones is 1. The number of thiophene rings is 2. The third kappa shape index (κ3) is 10.7. The second kappa shape index (κ2) is 17.5. The first kappa shape index (κ1) is 36.1. The number of nitrogens with one attached hydrogen (secondary N) is 4. The van der Waals surface area contributed by atoms with E-state index in [-0.39, 0.29) is 44.9 Å². The molecule has 4 heterocycles. The monoisotopic (exact) mass is 714 g/mol. The first-order valence-electron chi connectivity index (χ1n) is 16.3. The van der Waals surface area contributed by atoms with E-state index < -0.39 is 59.4 Å². The summed E-state index contributed by atoms with van der Waals surface area (Å²) in [6.07, 6.45) is -0.228. The molecule has 2 bridgehead atoms. The summed E-state index contributed by atoms with van der Waals surface area (Å²) in [7, 11) is 0. The van der Waals surface area contributed by atoms with Gasteiger partial charge in [0.1, 0.15) is 12.1 Å². The van der Waals surface area contributed by atoms with Crippen LogP contribution in [0.2, 0.25) is 0 Å². The number of hydrogen-bond acceptors (Lipinski definition) is 8. The van der Waals surface area contributed by atoms with Gasteiger partial charge in [0.2, 0.25) is 23.6 Å². The summed E-state index contributed by atoms with van der Waals surface area (Å²) in [6.45, 7) is 0. The molecule has 2 aliphatic heterocycles. The molecular weight excluding hydrogens is 677 g/mol. The Hall–Kier alpha value is -5.14. The molecule has 0 radical (unpaired) electrons. The molecule has 260 valence electrons. The number of fused-ring (bicyclic) bond motifs is 18. The Morgan fingerprint density at radius 3 is 1.80 bits per heavy atom. The first-order valence-corrected chi connectivity index (χ1v) is 18.0. The number of carbonyl (C=O) groups excluding carboxylic acids is 5. The highest BCUT2D eigenvalue weighted by molar-refractivity contribution is 7.10. The highest BCUT2D eigenvalue weighted by Gasteiger charge is 2.32. The van der Waals surface area contributed by atoms with Crippen molar-refractivity contribution in [3.8, 4) is 0 Å². The summed E-state index contributed by atoms with van der Waals surface area (Å²) in [5.74, 6) is -4.84. The van der Waals surface area contributed by atoms with Crippen LogP contribution >= 0.6 is 22.7 Å². The lowest BCUT2D eigenvalue weighted by molar-refractivity contribution is -0.144. The van der Waals surface area contributed by atoms with Crippen LogP contribution in [0.4, 0.5) is 5.69 Å². The Bertz CT molecular complexity index is 1780. The van der Waals surface area contributed by atoms with Crippen LogP contribution in [0.1, 0.15) is 40.1 Å². The summed E-state index contributed by atoms with van der Waals surface area (Å²) in [5, 5.41) is 24.9. The summed E-state index contributed by atoms with van der Waals surface area (Å²) >= 11 is 2.82. The second-order valence-electron chi connectivity index (χ2n) is 12.2. The number of carboxylic acid groups (broad SMARTS) is 1. The molecule has 2 aromatic heterocycles. The van der Waals surface area contributed by atoms with Crippen molar-refractivity contribution in [2.75, 3.05) is 5.32 Å². The van der Waals surface area contributed by atoms with Crippen LogP contribution in [0.15, 0.2) is 89.6 Å². The first-order chi connectivity index (χ1) is 24.1. The fourth-order valence-electron chi connectivity index (χ4n) is 5.68. The smallest absolute Gasteiger partial charge is 0.307 e. The molecule has 4 atom stereocenters. The van der Waals surface area contributed by atoms with Crippen LogP contribution in [-0.4, -0.2) is 58.6 Å². The molecule has 0 aliphatic carbocycles. The van der Waals surface area contributed by atoms with Crippen molar-refractivity contribution in [1.82, 2.24) is 16.0 Å². The summed E-state index contributed by atoms with van der Waals surface area (Å²) < 4.78 is 0. The predicted molar refractivity (Wildman–Crippen MR) is 191 cm³/mol. The molecule has 50 heavy (non-hydrogen) atoms. The average molecular weight is 715 g/mol. The van der Waals surface area contributed by atoms with Gasteiger partial charge in [0, 0.05) is 47.5 Å². The zero-order valence-corrected chi connectivity index (χ0v) is 28.8. The molecule has 11 nitrogen and oxygen atoms in total. The molecule has 6 rings (SSSR count). The van der Waals surface area contributed by atoms with Gasteiger partial charge in [0.05, 0.1) is 12.0 Å². The van der Waals surface area contributed by atoms with Gasteiger partial charge in [-0.15, -0.1) is 22.7 Å². The lowest BCUT2D eigenvalue weighted by Crippen LogP contribution is -2.57. The molecule has 5 N–H and O–H groups in total. The number of hydrogen-bond donors (Lipinski definition) is 5. The minimum atomic E-state index is -1.16. The number of rotatable bonds is 7. The van der Waals surface area contributed by atoms with Gasteiger partial charge in [-0.1, -0.05) is 54.6 Å². The van der Waals surface area contributed by atoms with Gasteiger partial charge in [0.25, 0.3) is 0 Å². The molecule has 0 fully saturated rings. The van der Waals surface area contributed by atoms with Gasteiger partial charge in [-0.2, -0.15) is 0 Å². The van der Waals surface area contributed by atoms with Crippen LogP contribution in [-0.2, 0) is 54.5 Å². The number of carbonyl (C=O) groups is 6. The van der Waals surface area contributed by atoms with Gasteiger partial charge in [0.15, 0.2) is 5.78 Å². The minimum absolute atomic E-state index is 0.0458. The zero-order valence-electron chi connectivity index (χ0n) is 27.1. The molecule has 0 spiro atoms. The van der Waals surface area contributed by atoms with Crippen molar-refractivity contribution >= 4 is 63.7 Å². The Kier molecular flexibility index (Phi) is 12.6. The highest BCUT2D eigenvalue weighted by atomic mass is 32.1. The lowest BCUT2D eigenvalue weighted by atomic mass is 9.90. The van der Waals surface area contributed by atoms with E-state index in [1.54, 1.807) is 24.3 Å². The maximum absolute atomic E-state index is 14.0. The number of amides is 4. The Balaban J connectivity index is 1.48. The molecule has 13 heteroatoms. The number of aliphatic carboxylic acids is 1. The molecule has 2 aliphatic rings. The fourth-order valence-corrected chi connectivity index (χ4v) is 7.18. The van der Waals surface area contributed by atoms with Crippen molar-refractivity contribution in [3.63, 3.8) is 0 Å². The standard InChI is InChI=1S/C37H38N4O7S2/c42-32-20-25(37(47)48)18-24-10-12-26(13-11-24)38-33(43)14-15-34(44)39-30(21-27-8-4-16-49-27)35(45)41-31(22-28-9-5-17-50-28)36(46)40-29(32)19-23-6-2-1-3-7-23/h1-13,16-17,25,29-31H,14-15,18-22H2,(H,38,43)(H,39,44)(H,40,46)(H,41,45)(H,47,48)/t25-,29-,30-,31+/m1/s1. The third-order valence-electron chi connectivity index (χ3n) is 8.34. The van der Waals surface area contributed by atoms with Crippen LogP contribution < -0.4 is 21.3 Å². The van der Waals surface area contributed by atoms with Crippen molar-refractivity contribution in [2.45, 2.75) is 63.1 Å². The van der Waals surface area contributed by atoms with Gasteiger partial charge in [-0.05, 0) is 59.0 Å². The zero-order chi connectivity index (χ0) is 35.5. The Labute approximate surface area is 297 Å². The average Bonchev–Trinajstić information content (AvgIpc) is 3.82.